The van der Waals surface area contributed by atoms with Crippen molar-refractivity contribution in [3.63, 3.8) is 0 Å². The number of allylic oxidation sites excluding steroid dienone is 6. The second-order valence-electron chi connectivity index (χ2n) is 7.86. The van der Waals surface area contributed by atoms with Crippen molar-refractivity contribution in [2.75, 3.05) is 0 Å². The molecule has 3 rings (SSSR count). The van der Waals surface area contributed by atoms with Crippen molar-refractivity contribution in [2.45, 2.75) is 63.3 Å². The van der Waals surface area contributed by atoms with E-state index in [1.807, 2.05) is 25.2 Å². The lowest BCUT2D eigenvalue weighted by atomic mass is 9.75. The van der Waals surface area contributed by atoms with Crippen LogP contribution in [0.5, 0.6) is 0 Å². The molecule has 8 heteroatoms. The quantitative estimate of drug-likeness (QED) is 0.258. The Morgan fingerprint density at radius 1 is 1.23 bits per heavy atom. The highest BCUT2D eigenvalue weighted by Crippen LogP contribution is 2.54. The average molecular weight is 430 g/mol. The van der Waals surface area contributed by atoms with Crippen molar-refractivity contribution in [2.24, 2.45) is 0 Å². The predicted octanol–water partition coefficient (Wildman–Crippen LogP) is 1.59. The van der Waals surface area contributed by atoms with Gasteiger partial charge in [-0.3, -0.25) is 14.4 Å². The summed E-state index contributed by atoms with van der Waals surface area (Å²) in [6.45, 7) is 4.58. The van der Waals surface area contributed by atoms with E-state index in [1.54, 1.807) is 24.3 Å². The Kier molecular flexibility index (Phi) is 6.45. The largest absolute Gasteiger partial charge is 0.461 e. The molecule has 1 spiro atoms. The molecule has 1 saturated heterocycles. The number of ether oxygens (including phenoxy) is 3. The predicted molar refractivity (Wildman–Crippen MR) is 109 cm³/mol. The lowest BCUT2D eigenvalue weighted by molar-refractivity contribution is -0.173. The lowest BCUT2D eigenvalue weighted by Crippen LogP contribution is -2.57. The molecule has 2 aliphatic heterocycles. The molecule has 2 N–H and O–H groups in total. The van der Waals surface area contributed by atoms with E-state index in [9.17, 15) is 24.6 Å². The average Bonchev–Trinajstić information content (AvgIpc) is 3.40. The molecular weight excluding hydrogens is 404 g/mol. The van der Waals surface area contributed by atoms with Gasteiger partial charge in [0.15, 0.2) is 0 Å². The molecule has 1 fully saturated rings. The van der Waals surface area contributed by atoms with Gasteiger partial charge in [-0.05, 0) is 45.4 Å². The van der Waals surface area contributed by atoms with E-state index in [2.05, 4.69) is 0 Å². The first kappa shape index (κ1) is 22.9. The number of carbonyl (C=O) groups excluding carboxylic acids is 3. The summed E-state index contributed by atoms with van der Waals surface area (Å²) in [4.78, 5) is 38.2. The summed E-state index contributed by atoms with van der Waals surface area (Å²) < 4.78 is 16.4. The number of Topliss-reactive ketones (excluding diaryl/α,β-unsaturated/α-hetero) is 1. The fraction of sp³-hybridized carbons (Fsp3) is 0.435. The molecule has 2 heterocycles. The zero-order chi connectivity index (χ0) is 22.8. The van der Waals surface area contributed by atoms with E-state index < -0.39 is 53.7 Å². The number of hydrogen-bond acceptors (Lipinski definition) is 8. The Morgan fingerprint density at radius 3 is 2.61 bits per heavy atom. The molecule has 3 aliphatic rings. The normalized spacial score (nSPS) is 31.7. The summed E-state index contributed by atoms with van der Waals surface area (Å²) in [7, 11) is 0. The molecule has 8 nitrogen and oxygen atoms in total. The maximum Gasteiger partial charge on any atom is 0.309 e. The van der Waals surface area contributed by atoms with Crippen molar-refractivity contribution in [1.82, 2.24) is 0 Å². The summed E-state index contributed by atoms with van der Waals surface area (Å²) in [6, 6.07) is 0. The summed E-state index contributed by atoms with van der Waals surface area (Å²) in [6.07, 6.45) is 10.2. The van der Waals surface area contributed by atoms with Gasteiger partial charge >= 0.3 is 5.97 Å². The Morgan fingerprint density at radius 2 is 1.94 bits per heavy atom. The number of carbonyl (C=O) groups is 3. The maximum atomic E-state index is 13.2. The lowest BCUT2D eigenvalue weighted by Gasteiger charge is -2.33. The van der Waals surface area contributed by atoms with Crippen LogP contribution in [-0.4, -0.2) is 57.4 Å². The molecule has 166 valence electrons. The summed E-state index contributed by atoms with van der Waals surface area (Å²) in [5.74, 6) is -1.91. The molecule has 0 aromatic heterocycles. The number of aliphatic hydroxyl groups is 2. The number of hydrogen-bond donors (Lipinski definition) is 2. The van der Waals surface area contributed by atoms with E-state index in [4.69, 9.17) is 14.2 Å². The van der Waals surface area contributed by atoms with Gasteiger partial charge in [-0.2, -0.15) is 0 Å². The molecule has 0 radical (unpaired) electrons. The first-order valence-electron chi connectivity index (χ1n) is 10.0. The summed E-state index contributed by atoms with van der Waals surface area (Å²) >= 11 is 0. The molecule has 0 saturated carbocycles. The van der Waals surface area contributed by atoms with E-state index in [0.29, 0.717) is 11.3 Å². The number of esters is 1. The Labute approximate surface area is 180 Å². The van der Waals surface area contributed by atoms with E-state index in [-0.39, 0.29) is 6.42 Å². The maximum absolute atomic E-state index is 13.2. The second-order valence-corrected chi connectivity index (χ2v) is 7.86. The highest BCUT2D eigenvalue weighted by atomic mass is 16.8. The minimum atomic E-state index is -2.08. The van der Waals surface area contributed by atoms with Crippen LogP contribution in [0.15, 0.2) is 59.9 Å². The molecule has 0 amide bonds. The zero-order valence-corrected chi connectivity index (χ0v) is 17.6. The van der Waals surface area contributed by atoms with Crippen LogP contribution in [0.4, 0.5) is 0 Å². The SMILES string of the molecule is C/C=C/C=C/C=C/C1=CC2=CC(=O)[C@@](C)(OC(=O)C[C@H](O)C[C@H](C)O)C(=O)[C@]23O[C@@H]3O1. The molecule has 31 heavy (non-hydrogen) atoms. The first-order valence-corrected chi connectivity index (χ1v) is 10.0. The van der Waals surface area contributed by atoms with Crippen LogP contribution < -0.4 is 0 Å². The number of rotatable bonds is 8. The zero-order valence-electron chi connectivity index (χ0n) is 17.6. The van der Waals surface area contributed by atoms with Crippen molar-refractivity contribution < 1.29 is 38.8 Å². The van der Waals surface area contributed by atoms with Crippen LogP contribution in [0.1, 0.15) is 33.6 Å². The number of ketones is 2. The first-order chi connectivity index (χ1) is 14.6. The second kappa shape index (κ2) is 8.74. The monoisotopic (exact) mass is 430 g/mol. The van der Waals surface area contributed by atoms with Crippen molar-refractivity contribution >= 4 is 17.5 Å². The van der Waals surface area contributed by atoms with Crippen LogP contribution in [0, 0.1) is 0 Å². The molecule has 1 aliphatic carbocycles. The van der Waals surface area contributed by atoms with Gasteiger partial charge < -0.3 is 24.4 Å². The van der Waals surface area contributed by atoms with Crippen molar-refractivity contribution in [3.05, 3.63) is 59.9 Å². The molecule has 0 bridgehead atoms. The van der Waals surface area contributed by atoms with Crippen LogP contribution >= 0.6 is 0 Å². The fourth-order valence-electron chi connectivity index (χ4n) is 3.56. The van der Waals surface area contributed by atoms with Gasteiger partial charge in [0.2, 0.25) is 29.1 Å². The smallest absolute Gasteiger partial charge is 0.309 e. The summed E-state index contributed by atoms with van der Waals surface area (Å²) in [5, 5.41) is 19.1. The highest BCUT2D eigenvalue weighted by Gasteiger charge is 2.75. The highest BCUT2D eigenvalue weighted by molar-refractivity contribution is 6.23. The number of aliphatic hydroxyl groups excluding tert-OH is 2. The van der Waals surface area contributed by atoms with E-state index in [0.717, 1.165) is 0 Å². The third-order valence-corrected chi connectivity index (χ3v) is 5.18. The summed E-state index contributed by atoms with van der Waals surface area (Å²) in [5.41, 5.74) is -3.22. The van der Waals surface area contributed by atoms with Crippen LogP contribution in [0.25, 0.3) is 0 Å². The Balaban J connectivity index is 1.77. The third-order valence-electron chi connectivity index (χ3n) is 5.18. The molecule has 5 atom stereocenters. The third kappa shape index (κ3) is 4.46. The van der Waals surface area contributed by atoms with Gasteiger partial charge in [0.25, 0.3) is 0 Å². The van der Waals surface area contributed by atoms with Gasteiger partial charge in [0, 0.05) is 5.57 Å². The fourth-order valence-corrected chi connectivity index (χ4v) is 3.56. The molecule has 0 unspecified atom stereocenters. The van der Waals surface area contributed by atoms with Crippen molar-refractivity contribution in [3.8, 4) is 0 Å². The Hall–Kier alpha value is -2.81. The van der Waals surface area contributed by atoms with Gasteiger partial charge in [0.05, 0.1) is 18.6 Å². The topological polar surface area (TPSA) is 123 Å². The molecule has 0 aromatic carbocycles. The van der Waals surface area contributed by atoms with Crippen LogP contribution in [0.2, 0.25) is 0 Å². The van der Waals surface area contributed by atoms with Gasteiger partial charge in [-0.25, -0.2) is 0 Å². The van der Waals surface area contributed by atoms with E-state index >= 15 is 0 Å². The standard InChI is InChI=1S/C23H26O8/c1-4-5-6-7-8-9-17-11-15-12-18(26)22(3,20(28)23(15)21(29-17)31-23)30-19(27)13-16(25)10-14(2)24/h4-9,11-12,14,16,21,24-25H,10,13H2,1-3H3/b5-4+,7-6+,9-8+/t14-,16+,21-,22+,23+/m0/s1. The minimum absolute atomic E-state index is 0.0360. The van der Waals surface area contributed by atoms with Gasteiger partial charge in [-0.1, -0.05) is 30.4 Å². The van der Waals surface area contributed by atoms with Crippen LogP contribution in [0.3, 0.4) is 0 Å². The van der Waals surface area contributed by atoms with Crippen molar-refractivity contribution in [1.29, 1.82) is 0 Å². The Bertz CT molecular complexity index is 922. The number of epoxide rings is 1. The van der Waals surface area contributed by atoms with Gasteiger partial charge in [0.1, 0.15) is 5.76 Å². The van der Waals surface area contributed by atoms with Gasteiger partial charge in [-0.15, -0.1) is 0 Å². The van der Waals surface area contributed by atoms with E-state index in [1.165, 1.54) is 19.9 Å². The van der Waals surface area contributed by atoms with Crippen LogP contribution in [-0.2, 0) is 28.6 Å². The molecule has 0 aromatic rings. The minimum Gasteiger partial charge on any atom is -0.461 e. The molecular formula is C23H26O8.